The predicted octanol–water partition coefficient (Wildman–Crippen LogP) is 3.59. The van der Waals surface area contributed by atoms with E-state index in [2.05, 4.69) is 0 Å². The van der Waals surface area contributed by atoms with Gasteiger partial charge in [-0.25, -0.2) is 10.3 Å². The van der Waals surface area contributed by atoms with Crippen molar-refractivity contribution in [1.29, 1.82) is 0 Å². The van der Waals surface area contributed by atoms with Gasteiger partial charge in [0.05, 0.1) is 23.0 Å². The summed E-state index contributed by atoms with van der Waals surface area (Å²) in [6.07, 6.45) is -4.43. The highest BCUT2D eigenvalue weighted by Crippen LogP contribution is 2.29. The average molecular weight is 483 g/mol. The van der Waals surface area contributed by atoms with E-state index in [4.69, 9.17) is 5.21 Å². The molecule has 0 fully saturated rings. The Balaban J connectivity index is 1.71. The van der Waals surface area contributed by atoms with Crippen LogP contribution in [0.5, 0.6) is 0 Å². The Morgan fingerprint density at radius 2 is 1.60 bits per heavy atom. The Bertz CT molecular complexity index is 1510. The monoisotopic (exact) mass is 483 g/mol. The van der Waals surface area contributed by atoms with E-state index in [1.807, 2.05) is 0 Å². The van der Waals surface area contributed by atoms with Gasteiger partial charge in [-0.3, -0.25) is 23.9 Å². The molecule has 0 radical (unpaired) electrons. The van der Waals surface area contributed by atoms with Gasteiger partial charge in [-0.05, 0) is 47.9 Å². The van der Waals surface area contributed by atoms with Gasteiger partial charge in [-0.1, -0.05) is 42.5 Å². The van der Waals surface area contributed by atoms with Crippen molar-refractivity contribution in [2.45, 2.75) is 25.7 Å². The summed E-state index contributed by atoms with van der Waals surface area (Å²) in [5.74, 6) is -0.678. The second-order valence-corrected chi connectivity index (χ2v) is 7.93. The van der Waals surface area contributed by atoms with Crippen LogP contribution < -0.4 is 16.7 Å². The van der Waals surface area contributed by atoms with Crippen molar-refractivity contribution in [2.75, 3.05) is 0 Å². The van der Waals surface area contributed by atoms with Gasteiger partial charge in [0.1, 0.15) is 0 Å². The van der Waals surface area contributed by atoms with Crippen molar-refractivity contribution in [3.63, 3.8) is 0 Å². The number of carbonyl (C=O) groups is 1. The van der Waals surface area contributed by atoms with E-state index in [0.29, 0.717) is 22.0 Å². The molecule has 1 heterocycles. The number of para-hydroxylation sites is 1. The third-order valence-corrected chi connectivity index (χ3v) is 5.67. The highest BCUT2D eigenvalue weighted by Gasteiger charge is 2.30. The molecule has 0 unspecified atom stereocenters. The van der Waals surface area contributed by atoms with E-state index in [1.165, 1.54) is 28.8 Å². The summed E-state index contributed by atoms with van der Waals surface area (Å²) >= 11 is 0. The Labute approximate surface area is 196 Å². The van der Waals surface area contributed by atoms with E-state index in [-0.39, 0.29) is 25.1 Å². The first kappa shape index (κ1) is 24.0. The summed E-state index contributed by atoms with van der Waals surface area (Å²) in [7, 11) is 0. The fourth-order valence-electron chi connectivity index (χ4n) is 3.87. The summed E-state index contributed by atoms with van der Waals surface area (Å²) in [5, 5.41) is 9.06. The molecule has 0 aliphatic rings. The molecular weight excluding hydrogens is 463 g/mol. The molecule has 0 saturated carbocycles. The molecule has 2 N–H and O–H groups in total. The standard InChI is InChI=1S/C25H20F3N3O4/c26-25(27,28)19-5-3-4-16(14-19)12-13-30-23(33)20-6-1-2-7-21(20)31(24(30)34)15-17-8-10-18(11-9-17)22(32)29-35/h1-11,14,35H,12-13,15H2,(H,29,32). The number of hydrogen-bond acceptors (Lipinski definition) is 4. The Kier molecular flexibility index (Phi) is 6.57. The summed E-state index contributed by atoms with van der Waals surface area (Å²) in [6, 6.07) is 17.6. The topological polar surface area (TPSA) is 93.3 Å². The molecule has 180 valence electrons. The van der Waals surface area contributed by atoms with Crippen molar-refractivity contribution < 1.29 is 23.2 Å². The lowest BCUT2D eigenvalue weighted by molar-refractivity contribution is -0.137. The SMILES string of the molecule is O=C(NO)c1ccc(Cn2c(=O)n(CCc3cccc(C(F)(F)F)c3)c(=O)c3ccccc32)cc1. The van der Waals surface area contributed by atoms with Crippen molar-refractivity contribution in [1.82, 2.24) is 14.6 Å². The van der Waals surface area contributed by atoms with Gasteiger partial charge in [0.15, 0.2) is 0 Å². The van der Waals surface area contributed by atoms with Crippen molar-refractivity contribution in [3.8, 4) is 0 Å². The minimum atomic E-state index is -4.49. The molecule has 0 spiro atoms. The number of carbonyl (C=O) groups excluding carboxylic acids is 1. The maximum atomic E-state index is 13.3. The van der Waals surface area contributed by atoms with Gasteiger partial charge >= 0.3 is 11.9 Å². The molecule has 10 heteroatoms. The van der Waals surface area contributed by atoms with Crippen LogP contribution in [-0.4, -0.2) is 20.2 Å². The largest absolute Gasteiger partial charge is 0.416 e. The number of rotatable bonds is 6. The lowest BCUT2D eigenvalue weighted by atomic mass is 10.1. The molecule has 0 bridgehead atoms. The minimum absolute atomic E-state index is 0.0579. The van der Waals surface area contributed by atoms with Gasteiger partial charge in [0.25, 0.3) is 11.5 Å². The average Bonchev–Trinajstić information content (AvgIpc) is 2.86. The highest BCUT2D eigenvalue weighted by atomic mass is 19.4. The van der Waals surface area contributed by atoms with Gasteiger partial charge in [-0.15, -0.1) is 0 Å². The molecule has 3 aromatic carbocycles. The van der Waals surface area contributed by atoms with Gasteiger partial charge in [0, 0.05) is 12.1 Å². The molecule has 0 aliphatic carbocycles. The molecule has 4 rings (SSSR count). The third kappa shape index (κ3) is 5.02. The Morgan fingerprint density at radius 1 is 0.886 bits per heavy atom. The predicted molar refractivity (Wildman–Crippen MR) is 122 cm³/mol. The zero-order valence-electron chi connectivity index (χ0n) is 18.2. The smallest absolute Gasteiger partial charge is 0.289 e. The zero-order valence-corrected chi connectivity index (χ0v) is 18.2. The van der Waals surface area contributed by atoms with Crippen LogP contribution in [0.4, 0.5) is 13.2 Å². The van der Waals surface area contributed by atoms with Crippen LogP contribution in [0.2, 0.25) is 0 Å². The summed E-state index contributed by atoms with van der Waals surface area (Å²) in [5.41, 5.74) is 1.27. The molecule has 7 nitrogen and oxygen atoms in total. The van der Waals surface area contributed by atoms with Crippen LogP contribution in [0.3, 0.4) is 0 Å². The fraction of sp³-hybridized carbons (Fsp3) is 0.160. The second kappa shape index (κ2) is 9.59. The second-order valence-electron chi connectivity index (χ2n) is 7.93. The summed E-state index contributed by atoms with van der Waals surface area (Å²) < 4.78 is 41.6. The Hall–Kier alpha value is -4.18. The first-order chi connectivity index (χ1) is 16.7. The van der Waals surface area contributed by atoms with E-state index >= 15 is 0 Å². The molecule has 35 heavy (non-hydrogen) atoms. The number of hydrogen-bond donors (Lipinski definition) is 2. The van der Waals surface area contributed by atoms with Crippen LogP contribution >= 0.6 is 0 Å². The number of hydroxylamine groups is 1. The molecular formula is C25H20F3N3O4. The Morgan fingerprint density at radius 3 is 2.29 bits per heavy atom. The van der Waals surface area contributed by atoms with E-state index in [0.717, 1.165) is 16.7 Å². The number of aryl methyl sites for hydroxylation is 1. The van der Waals surface area contributed by atoms with E-state index in [1.54, 1.807) is 41.9 Å². The number of amides is 1. The third-order valence-electron chi connectivity index (χ3n) is 5.67. The van der Waals surface area contributed by atoms with E-state index in [9.17, 15) is 27.6 Å². The van der Waals surface area contributed by atoms with Crippen molar-refractivity contribution >= 4 is 16.8 Å². The highest BCUT2D eigenvalue weighted by molar-refractivity contribution is 5.93. The summed E-state index contributed by atoms with van der Waals surface area (Å²) in [4.78, 5) is 37.9. The molecule has 0 saturated heterocycles. The molecule has 0 atom stereocenters. The number of fused-ring (bicyclic) bond motifs is 1. The summed E-state index contributed by atoms with van der Waals surface area (Å²) in [6.45, 7) is -0.0103. The molecule has 4 aromatic rings. The van der Waals surface area contributed by atoms with Crippen LogP contribution in [0, 0.1) is 0 Å². The maximum absolute atomic E-state index is 13.3. The molecule has 1 amide bonds. The van der Waals surface area contributed by atoms with Crippen molar-refractivity contribution in [3.05, 3.63) is 116 Å². The number of nitrogens with one attached hydrogen (secondary N) is 1. The van der Waals surface area contributed by atoms with Crippen molar-refractivity contribution in [2.24, 2.45) is 0 Å². The molecule has 1 aromatic heterocycles. The van der Waals surface area contributed by atoms with Crippen LogP contribution in [0.15, 0.2) is 82.4 Å². The first-order valence-corrected chi connectivity index (χ1v) is 10.6. The van der Waals surface area contributed by atoms with E-state index < -0.39 is 28.9 Å². The minimum Gasteiger partial charge on any atom is -0.289 e. The lowest BCUT2D eigenvalue weighted by Gasteiger charge is -2.15. The lowest BCUT2D eigenvalue weighted by Crippen LogP contribution is -2.40. The van der Waals surface area contributed by atoms with Crippen LogP contribution in [0.25, 0.3) is 10.9 Å². The number of nitrogens with zero attached hydrogens (tertiary/aromatic N) is 2. The van der Waals surface area contributed by atoms with Gasteiger partial charge in [0.2, 0.25) is 0 Å². The van der Waals surface area contributed by atoms with Crippen LogP contribution in [0.1, 0.15) is 27.0 Å². The van der Waals surface area contributed by atoms with Gasteiger partial charge in [-0.2, -0.15) is 13.2 Å². The fourth-order valence-corrected chi connectivity index (χ4v) is 3.87. The quantitative estimate of drug-likeness (QED) is 0.324. The number of aromatic nitrogens is 2. The number of benzene rings is 3. The first-order valence-electron chi connectivity index (χ1n) is 10.6. The van der Waals surface area contributed by atoms with Gasteiger partial charge < -0.3 is 0 Å². The maximum Gasteiger partial charge on any atom is 0.416 e. The molecule has 0 aliphatic heterocycles. The zero-order chi connectivity index (χ0) is 25.2. The number of alkyl halides is 3. The normalized spacial score (nSPS) is 11.5. The number of halogens is 3. The van der Waals surface area contributed by atoms with Crippen LogP contribution in [-0.2, 0) is 25.7 Å².